The van der Waals surface area contributed by atoms with Crippen molar-refractivity contribution in [3.8, 4) is 0 Å². The van der Waals surface area contributed by atoms with E-state index in [2.05, 4.69) is 0 Å². The molecule has 52 valence electrons. The summed E-state index contributed by atoms with van der Waals surface area (Å²) < 4.78 is 17.3. The predicted molar refractivity (Wildman–Crippen MR) is 33.8 cm³/mol. The SMILES string of the molecule is COC1CC=C([18F])CC1. The lowest BCUT2D eigenvalue weighted by atomic mass is 10.0. The molecule has 2 heteroatoms. The fourth-order valence-electron chi connectivity index (χ4n) is 0.992. The summed E-state index contributed by atoms with van der Waals surface area (Å²) in [5.74, 6) is 0.0169. The summed E-state index contributed by atoms with van der Waals surface area (Å²) in [7, 11) is 1.67. The Morgan fingerprint density at radius 3 is 3.00 bits per heavy atom. The largest absolute Gasteiger partial charge is 0.381 e. The molecule has 1 aliphatic rings. The average Bonchev–Trinajstić information content (AvgIpc) is 1.90. The van der Waals surface area contributed by atoms with Crippen molar-refractivity contribution in [1.29, 1.82) is 0 Å². The van der Waals surface area contributed by atoms with Crippen molar-refractivity contribution >= 4 is 0 Å². The second kappa shape index (κ2) is 2.97. The Morgan fingerprint density at radius 1 is 1.78 bits per heavy atom. The second-order valence-electron chi connectivity index (χ2n) is 2.28. The maximum atomic E-state index is 12.3. The average molecular weight is 129 g/mol. The molecule has 0 spiro atoms. The third-order valence-corrected chi connectivity index (χ3v) is 1.64. The summed E-state index contributed by atoms with van der Waals surface area (Å²) in [4.78, 5) is 0. The van der Waals surface area contributed by atoms with E-state index in [1.54, 1.807) is 13.2 Å². The fraction of sp³-hybridized carbons (Fsp3) is 0.714. The van der Waals surface area contributed by atoms with Gasteiger partial charge in [0.1, 0.15) is 0 Å². The lowest BCUT2D eigenvalue weighted by Gasteiger charge is -2.16. The van der Waals surface area contributed by atoms with Gasteiger partial charge in [-0.1, -0.05) is 6.08 Å². The summed E-state index contributed by atoms with van der Waals surface area (Å²) in [5.41, 5.74) is 0. The maximum Gasteiger partial charge on any atom is 0.0961 e. The molecule has 0 aromatic rings. The van der Waals surface area contributed by atoms with Crippen LogP contribution in [-0.2, 0) is 4.74 Å². The van der Waals surface area contributed by atoms with E-state index >= 15 is 0 Å². The van der Waals surface area contributed by atoms with Crippen LogP contribution in [-0.4, -0.2) is 13.2 Å². The molecule has 1 unspecified atom stereocenters. The normalized spacial score (nSPS) is 27.8. The van der Waals surface area contributed by atoms with Crippen molar-refractivity contribution in [1.82, 2.24) is 0 Å². The number of ether oxygens (including phenoxy) is 1. The zero-order chi connectivity index (χ0) is 6.69. The number of hydrogen-bond acceptors (Lipinski definition) is 1. The van der Waals surface area contributed by atoms with Crippen LogP contribution in [0.5, 0.6) is 0 Å². The summed E-state index contributed by atoms with van der Waals surface area (Å²) in [6, 6.07) is 0. The molecule has 1 atom stereocenters. The van der Waals surface area contributed by atoms with Gasteiger partial charge in [0.05, 0.1) is 11.9 Å². The van der Waals surface area contributed by atoms with Crippen LogP contribution < -0.4 is 0 Å². The highest BCUT2D eigenvalue weighted by Gasteiger charge is 2.12. The topological polar surface area (TPSA) is 9.23 Å². The minimum absolute atomic E-state index is 0.0169. The summed E-state index contributed by atoms with van der Waals surface area (Å²) in [6.07, 6.45) is 3.99. The van der Waals surface area contributed by atoms with Gasteiger partial charge in [-0.3, -0.25) is 0 Å². The standard InChI is InChI=1S/C7H11FO/c1-9-7-4-2-6(8)3-5-7/h2,7H,3-5H2,1H3/i8-1. The van der Waals surface area contributed by atoms with Gasteiger partial charge in [0.25, 0.3) is 0 Å². The van der Waals surface area contributed by atoms with Crippen molar-refractivity contribution in [2.45, 2.75) is 25.4 Å². The van der Waals surface area contributed by atoms with Crippen LogP contribution >= 0.6 is 0 Å². The van der Waals surface area contributed by atoms with E-state index in [4.69, 9.17) is 4.74 Å². The van der Waals surface area contributed by atoms with Gasteiger partial charge in [-0.25, -0.2) is 4.39 Å². The van der Waals surface area contributed by atoms with E-state index in [1.807, 2.05) is 0 Å². The van der Waals surface area contributed by atoms with Crippen LogP contribution in [0.15, 0.2) is 11.9 Å². The Balaban J connectivity index is 2.36. The first-order valence-corrected chi connectivity index (χ1v) is 3.20. The lowest BCUT2D eigenvalue weighted by Crippen LogP contribution is -2.12. The Hall–Kier alpha value is -0.370. The van der Waals surface area contributed by atoms with Gasteiger partial charge in [-0.05, 0) is 12.8 Å². The maximum absolute atomic E-state index is 12.3. The van der Waals surface area contributed by atoms with Crippen LogP contribution in [0.25, 0.3) is 0 Å². The van der Waals surface area contributed by atoms with Crippen molar-refractivity contribution in [3.05, 3.63) is 11.9 Å². The molecule has 1 nitrogen and oxygen atoms in total. The van der Waals surface area contributed by atoms with Gasteiger partial charge in [0.2, 0.25) is 0 Å². The molecule has 0 heterocycles. The van der Waals surface area contributed by atoms with Crippen LogP contribution in [0.1, 0.15) is 19.3 Å². The van der Waals surface area contributed by atoms with Gasteiger partial charge >= 0.3 is 0 Å². The van der Waals surface area contributed by atoms with Crippen molar-refractivity contribution in [2.24, 2.45) is 0 Å². The molecule has 0 N–H and O–H groups in total. The van der Waals surface area contributed by atoms with E-state index in [1.165, 1.54) is 0 Å². The van der Waals surface area contributed by atoms with Gasteiger partial charge < -0.3 is 4.74 Å². The fourth-order valence-corrected chi connectivity index (χ4v) is 0.992. The number of hydrogen-bond donors (Lipinski definition) is 0. The van der Waals surface area contributed by atoms with Crippen molar-refractivity contribution in [2.75, 3.05) is 7.11 Å². The highest BCUT2D eigenvalue weighted by atomic mass is 18.2. The molecule has 0 fully saturated rings. The minimum atomic E-state index is 0.0169. The van der Waals surface area contributed by atoms with Crippen molar-refractivity contribution in [3.63, 3.8) is 0 Å². The second-order valence-corrected chi connectivity index (χ2v) is 2.28. The van der Waals surface area contributed by atoms with Crippen LogP contribution in [0.3, 0.4) is 0 Å². The highest BCUT2D eigenvalue weighted by Crippen LogP contribution is 2.20. The van der Waals surface area contributed by atoms with E-state index < -0.39 is 0 Å². The molecule has 0 aromatic heterocycles. The first-order valence-electron chi connectivity index (χ1n) is 3.20. The van der Waals surface area contributed by atoms with E-state index in [9.17, 15) is 4.39 Å². The molecule has 9 heavy (non-hydrogen) atoms. The minimum Gasteiger partial charge on any atom is -0.381 e. The zero-order valence-electron chi connectivity index (χ0n) is 5.56. The van der Waals surface area contributed by atoms with Crippen LogP contribution in [0.2, 0.25) is 0 Å². The molecular weight excluding hydrogens is 118 g/mol. The molecule has 1 rings (SSSR count). The van der Waals surface area contributed by atoms with E-state index in [0.717, 1.165) is 12.8 Å². The molecule has 1 aliphatic carbocycles. The molecule has 0 radical (unpaired) electrons. The van der Waals surface area contributed by atoms with Gasteiger partial charge in [-0.2, -0.15) is 0 Å². The molecular formula is C7H11FO. The molecule has 0 saturated carbocycles. The highest BCUT2D eigenvalue weighted by molar-refractivity contribution is 4.98. The Bertz CT molecular complexity index is 120. The number of methoxy groups -OCH3 is 1. The number of rotatable bonds is 1. The first-order chi connectivity index (χ1) is 4.33. The Labute approximate surface area is 54.5 Å². The van der Waals surface area contributed by atoms with Crippen molar-refractivity contribution < 1.29 is 9.13 Å². The third kappa shape index (κ3) is 1.79. The van der Waals surface area contributed by atoms with E-state index in [0.29, 0.717) is 6.42 Å². The molecule has 0 bridgehead atoms. The van der Waals surface area contributed by atoms with Gasteiger partial charge in [-0.15, -0.1) is 0 Å². The van der Waals surface area contributed by atoms with E-state index in [-0.39, 0.29) is 11.9 Å². The lowest BCUT2D eigenvalue weighted by molar-refractivity contribution is 0.0913. The monoisotopic (exact) mass is 129 g/mol. The third-order valence-electron chi connectivity index (χ3n) is 1.64. The number of allylic oxidation sites excluding steroid dienone is 1. The zero-order valence-corrected chi connectivity index (χ0v) is 5.56. The molecule has 0 aromatic carbocycles. The summed E-state index contributed by atoms with van der Waals surface area (Å²) in [6.45, 7) is 0. The van der Waals surface area contributed by atoms with Crippen LogP contribution in [0.4, 0.5) is 4.39 Å². The van der Waals surface area contributed by atoms with Crippen LogP contribution in [0, 0.1) is 0 Å². The quantitative estimate of drug-likeness (QED) is 0.526. The molecule has 0 amide bonds. The first kappa shape index (κ1) is 6.75. The summed E-state index contributed by atoms with van der Waals surface area (Å²) >= 11 is 0. The number of halogens is 1. The smallest absolute Gasteiger partial charge is 0.0961 e. The Kier molecular flexibility index (Phi) is 2.22. The molecule has 0 aliphatic heterocycles. The summed E-state index contributed by atoms with van der Waals surface area (Å²) in [5, 5.41) is 0. The predicted octanol–water partition coefficient (Wildman–Crippen LogP) is 2.04. The Morgan fingerprint density at radius 2 is 2.56 bits per heavy atom. The van der Waals surface area contributed by atoms with Gasteiger partial charge in [0, 0.05) is 13.5 Å². The molecule has 0 saturated heterocycles. The van der Waals surface area contributed by atoms with Gasteiger partial charge in [0.15, 0.2) is 0 Å².